The van der Waals surface area contributed by atoms with Crippen LogP contribution in [0.1, 0.15) is 0 Å². The standard InChI is InChI=1S/C9H7Cl2N3O/c10-7(11)8(15)14-9-12-5-3-1-2-4-6(5)13-9/h1-4,7H,(H2,12,13,14,15). The highest BCUT2D eigenvalue weighted by molar-refractivity contribution is 6.54. The quantitative estimate of drug-likeness (QED) is 0.796. The summed E-state index contributed by atoms with van der Waals surface area (Å²) in [5.41, 5.74) is 1.61. The van der Waals surface area contributed by atoms with Crippen molar-refractivity contribution in [2.75, 3.05) is 5.32 Å². The minimum atomic E-state index is -1.10. The molecule has 1 heterocycles. The third-order valence-corrected chi connectivity index (χ3v) is 2.23. The van der Waals surface area contributed by atoms with Gasteiger partial charge in [-0.1, -0.05) is 35.3 Å². The Morgan fingerprint density at radius 2 is 2.13 bits per heavy atom. The van der Waals surface area contributed by atoms with Crippen molar-refractivity contribution in [2.45, 2.75) is 4.84 Å². The second kappa shape index (κ2) is 4.08. The predicted octanol–water partition coefficient (Wildman–Crippen LogP) is 2.31. The Labute approximate surface area is 95.6 Å². The molecule has 0 aliphatic carbocycles. The third-order valence-electron chi connectivity index (χ3n) is 1.83. The molecule has 0 unspecified atom stereocenters. The molecular weight excluding hydrogens is 237 g/mol. The van der Waals surface area contributed by atoms with Gasteiger partial charge in [-0.3, -0.25) is 10.1 Å². The minimum absolute atomic E-state index is 0.340. The van der Waals surface area contributed by atoms with Gasteiger partial charge in [0, 0.05) is 0 Å². The van der Waals surface area contributed by atoms with E-state index in [-0.39, 0.29) is 0 Å². The summed E-state index contributed by atoms with van der Waals surface area (Å²) in [6.45, 7) is 0. The van der Waals surface area contributed by atoms with Gasteiger partial charge in [0.05, 0.1) is 11.0 Å². The van der Waals surface area contributed by atoms with E-state index in [1.165, 1.54) is 0 Å². The maximum absolute atomic E-state index is 11.2. The smallest absolute Gasteiger partial charge is 0.259 e. The summed E-state index contributed by atoms with van der Waals surface area (Å²) >= 11 is 10.8. The molecule has 0 spiro atoms. The molecule has 15 heavy (non-hydrogen) atoms. The molecule has 0 radical (unpaired) electrons. The third kappa shape index (κ3) is 2.22. The summed E-state index contributed by atoms with van der Waals surface area (Å²) in [6.07, 6.45) is 0. The molecule has 1 aromatic heterocycles. The molecule has 6 heteroatoms. The van der Waals surface area contributed by atoms with Crippen molar-refractivity contribution in [3.05, 3.63) is 24.3 Å². The summed E-state index contributed by atoms with van der Waals surface area (Å²) in [5.74, 6) is -0.162. The second-order valence-electron chi connectivity index (χ2n) is 2.89. The van der Waals surface area contributed by atoms with Gasteiger partial charge in [0.25, 0.3) is 5.91 Å². The number of rotatable bonds is 2. The van der Waals surface area contributed by atoms with Crippen LogP contribution in [0.5, 0.6) is 0 Å². The van der Waals surface area contributed by atoms with E-state index in [0.29, 0.717) is 5.95 Å². The molecule has 0 saturated heterocycles. The maximum Gasteiger partial charge on any atom is 0.259 e. The van der Waals surface area contributed by atoms with E-state index < -0.39 is 10.7 Å². The van der Waals surface area contributed by atoms with Crippen LogP contribution in [0.25, 0.3) is 11.0 Å². The van der Waals surface area contributed by atoms with Gasteiger partial charge >= 0.3 is 0 Å². The van der Waals surface area contributed by atoms with Crippen LogP contribution in [0.4, 0.5) is 5.95 Å². The zero-order valence-corrected chi connectivity index (χ0v) is 9.01. The van der Waals surface area contributed by atoms with Crippen LogP contribution in [0.3, 0.4) is 0 Å². The number of hydrogen-bond donors (Lipinski definition) is 2. The Morgan fingerprint density at radius 1 is 1.40 bits per heavy atom. The molecule has 0 aliphatic heterocycles. The number of amides is 1. The first kappa shape index (κ1) is 10.3. The number of aromatic nitrogens is 2. The number of para-hydroxylation sites is 2. The summed E-state index contributed by atoms with van der Waals surface area (Å²) in [4.78, 5) is 17.1. The van der Waals surface area contributed by atoms with Crippen molar-refractivity contribution >= 4 is 46.1 Å². The molecule has 78 valence electrons. The number of carbonyl (C=O) groups is 1. The van der Waals surface area contributed by atoms with Crippen LogP contribution in [0.15, 0.2) is 24.3 Å². The summed E-state index contributed by atoms with van der Waals surface area (Å²) in [6, 6.07) is 7.43. The molecule has 0 fully saturated rings. The Morgan fingerprint density at radius 3 is 2.80 bits per heavy atom. The van der Waals surface area contributed by atoms with Crippen LogP contribution in [-0.4, -0.2) is 20.7 Å². The van der Waals surface area contributed by atoms with Crippen molar-refractivity contribution in [1.29, 1.82) is 0 Å². The highest BCUT2D eigenvalue weighted by Gasteiger charge is 2.13. The topological polar surface area (TPSA) is 57.8 Å². The lowest BCUT2D eigenvalue weighted by Gasteiger charge is -1.99. The number of aromatic amines is 1. The Bertz CT molecular complexity index is 462. The monoisotopic (exact) mass is 243 g/mol. The summed E-state index contributed by atoms with van der Waals surface area (Å²) in [5, 5.41) is 2.46. The number of anilines is 1. The number of nitrogens with zero attached hydrogens (tertiary/aromatic N) is 1. The van der Waals surface area contributed by atoms with Crippen LogP contribution in [0.2, 0.25) is 0 Å². The molecular formula is C9H7Cl2N3O. The van der Waals surface area contributed by atoms with Crippen molar-refractivity contribution in [2.24, 2.45) is 0 Å². The van der Waals surface area contributed by atoms with Crippen molar-refractivity contribution in [3.8, 4) is 0 Å². The van der Waals surface area contributed by atoms with Gasteiger partial charge < -0.3 is 4.98 Å². The number of H-pyrrole nitrogens is 1. The fraction of sp³-hybridized carbons (Fsp3) is 0.111. The fourth-order valence-corrected chi connectivity index (χ4v) is 1.29. The van der Waals surface area contributed by atoms with E-state index in [9.17, 15) is 4.79 Å². The van der Waals surface area contributed by atoms with E-state index in [1.54, 1.807) is 0 Å². The second-order valence-corrected chi connectivity index (χ2v) is 3.99. The van der Waals surface area contributed by atoms with Gasteiger partial charge in [-0.15, -0.1) is 0 Å². The van der Waals surface area contributed by atoms with E-state index in [0.717, 1.165) is 11.0 Å². The number of nitrogens with one attached hydrogen (secondary N) is 2. The van der Waals surface area contributed by atoms with E-state index >= 15 is 0 Å². The number of carbonyl (C=O) groups excluding carboxylic acids is 1. The summed E-state index contributed by atoms with van der Waals surface area (Å²) < 4.78 is 0. The number of benzene rings is 1. The Balaban J connectivity index is 2.26. The first-order valence-corrected chi connectivity index (χ1v) is 5.08. The van der Waals surface area contributed by atoms with Crippen LogP contribution < -0.4 is 5.32 Å². The zero-order chi connectivity index (χ0) is 10.8. The normalized spacial score (nSPS) is 10.9. The lowest BCUT2D eigenvalue weighted by molar-refractivity contribution is -0.114. The van der Waals surface area contributed by atoms with Crippen LogP contribution in [0, 0.1) is 0 Å². The maximum atomic E-state index is 11.2. The van der Waals surface area contributed by atoms with Gasteiger partial charge in [-0.05, 0) is 12.1 Å². The van der Waals surface area contributed by atoms with E-state index in [4.69, 9.17) is 23.2 Å². The van der Waals surface area contributed by atoms with Gasteiger partial charge in [0.15, 0.2) is 4.84 Å². The molecule has 0 saturated carbocycles. The minimum Gasteiger partial charge on any atom is -0.324 e. The first-order chi connectivity index (χ1) is 7.16. The lowest BCUT2D eigenvalue weighted by atomic mass is 10.3. The number of imidazole rings is 1. The highest BCUT2D eigenvalue weighted by atomic mass is 35.5. The number of alkyl halides is 2. The number of halogens is 2. The Hall–Kier alpha value is -1.26. The highest BCUT2D eigenvalue weighted by Crippen LogP contribution is 2.14. The largest absolute Gasteiger partial charge is 0.324 e. The number of hydrogen-bond acceptors (Lipinski definition) is 2. The van der Waals surface area contributed by atoms with Crippen molar-refractivity contribution < 1.29 is 4.79 Å². The molecule has 2 N–H and O–H groups in total. The van der Waals surface area contributed by atoms with Gasteiger partial charge in [0.1, 0.15) is 0 Å². The Kier molecular flexibility index (Phi) is 2.79. The average molecular weight is 244 g/mol. The molecule has 1 aromatic carbocycles. The molecule has 0 bridgehead atoms. The summed E-state index contributed by atoms with van der Waals surface area (Å²) in [7, 11) is 0. The molecule has 4 nitrogen and oxygen atoms in total. The van der Waals surface area contributed by atoms with Crippen LogP contribution in [-0.2, 0) is 4.79 Å². The zero-order valence-electron chi connectivity index (χ0n) is 7.50. The number of fused-ring (bicyclic) bond motifs is 1. The van der Waals surface area contributed by atoms with Crippen LogP contribution >= 0.6 is 23.2 Å². The van der Waals surface area contributed by atoms with Crippen molar-refractivity contribution in [3.63, 3.8) is 0 Å². The molecule has 1 amide bonds. The predicted molar refractivity (Wildman–Crippen MR) is 60.2 cm³/mol. The van der Waals surface area contributed by atoms with E-state index in [1.807, 2.05) is 24.3 Å². The first-order valence-electron chi connectivity index (χ1n) is 4.20. The SMILES string of the molecule is O=C(Nc1nc2ccccc2[nH]1)C(Cl)Cl. The molecule has 0 aliphatic rings. The lowest BCUT2D eigenvalue weighted by Crippen LogP contribution is -2.19. The van der Waals surface area contributed by atoms with Gasteiger partial charge in [0.2, 0.25) is 5.95 Å². The van der Waals surface area contributed by atoms with Gasteiger partial charge in [-0.25, -0.2) is 4.98 Å². The molecule has 0 atom stereocenters. The fourth-order valence-electron chi connectivity index (χ4n) is 1.18. The van der Waals surface area contributed by atoms with E-state index in [2.05, 4.69) is 15.3 Å². The average Bonchev–Trinajstić information content (AvgIpc) is 2.59. The molecule has 2 aromatic rings. The molecule has 2 rings (SSSR count). The van der Waals surface area contributed by atoms with Gasteiger partial charge in [-0.2, -0.15) is 0 Å². The van der Waals surface area contributed by atoms with Crippen molar-refractivity contribution in [1.82, 2.24) is 9.97 Å².